The molecule has 0 radical (unpaired) electrons. The van der Waals surface area contributed by atoms with Gasteiger partial charge in [-0.15, -0.1) is 0 Å². The van der Waals surface area contributed by atoms with Crippen LogP contribution in [0.4, 0.5) is 9.18 Å². The lowest BCUT2D eigenvalue weighted by Gasteiger charge is -2.46. The first-order valence-corrected chi connectivity index (χ1v) is 24.2. The zero-order chi connectivity index (χ0) is 52.0. The molecule has 2 amide bonds. The molecule has 0 spiro atoms. The van der Waals surface area contributed by atoms with Gasteiger partial charge in [-0.2, -0.15) is 0 Å². The number of carbonyl (C=O) groups excluding carboxylic acids is 2. The monoisotopic (exact) mass is 998 g/mol. The van der Waals surface area contributed by atoms with Gasteiger partial charge in [-0.25, -0.2) is 4.79 Å². The molecule has 2 fully saturated rings. The molecule has 19 nitrogen and oxygen atoms in total. The number of urea groups is 1. The number of fused-ring (bicyclic) bond motifs is 2. The number of aliphatic hydroxyl groups is 10. The lowest BCUT2D eigenvalue weighted by molar-refractivity contribution is -0.303. The number of alkyl halides is 1. The summed E-state index contributed by atoms with van der Waals surface area (Å²) in [5.41, 5.74) is 6.08. The summed E-state index contributed by atoms with van der Waals surface area (Å²) in [5.74, 6) is -3.76. The number of amides is 2. The number of hydrogen-bond acceptors (Lipinski definition) is 17. The average Bonchev–Trinajstić information content (AvgIpc) is 3.29. The fourth-order valence-corrected chi connectivity index (χ4v) is 8.31. The van der Waals surface area contributed by atoms with Crippen molar-refractivity contribution in [2.75, 3.05) is 13.2 Å². The summed E-state index contributed by atoms with van der Waals surface area (Å²) < 4.78 is 36.4. The standard InChI is InChI=1S/C50H80FN3O16/c1-30-18-15-13-11-9-7-5-6-8-10-12-14-16-19-37(69-48-47(64)43(52)46(63)33(4)68-48)27-41-44(54-49(65)53-23-17-22-51)40(60)29-50(66,70-41)28-36(57)25-39(59)38(58)21-20-34(55)24-35(56)26-42(61)67-32(3)31(2)45(30)62/h5-16,18-19,30-41,43-48,55-60,62-64,66H,17,20-29,52H2,1-4H3,(H2,53,54,65)/b6-5+,9-7+,10-8+,13-11+,14-12+,18-15+,19-16+/t30-,31-,32-,33+,34+,35+,36-,37-,38+,39+,40-,41-,43-,44+,45+,46+,47-,48-,50+/m0/s1. The summed E-state index contributed by atoms with van der Waals surface area (Å²) in [7, 11) is 0. The van der Waals surface area contributed by atoms with Gasteiger partial charge in [0.2, 0.25) is 0 Å². The number of carbonyl (C=O) groups is 2. The predicted molar refractivity (Wildman–Crippen MR) is 257 cm³/mol. The van der Waals surface area contributed by atoms with E-state index in [0.29, 0.717) is 0 Å². The summed E-state index contributed by atoms with van der Waals surface area (Å²) in [5, 5.41) is 115. The van der Waals surface area contributed by atoms with Crippen molar-refractivity contribution >= 4 is 12.0 Å². The third-order valence-electron chi connectivity index (χ3n) is 12.6. The molecule has 0 aromatic carbocycles. The van der Waals surface area contributed by atoms with Crippen LogP contribution in [-0.4, -0.2) is 180 Å². The molecule has 14 N–H and O–H groups in total. The van der Waals surface area contributed by atoms with Gasteiger partial charge in [0.05, 0.1) is 92.3 Å². The molecular formula is C50H80FN3O16. The maximum Gasteiger partial charge on any atom is 0.315 e. The van der Waals surface area contributed by atoms with Gasteiger partial charge in [-0.1, -0.05) is 98.9 Å². The number of nitrogens with one attached hydrogen (secondary N) is 2. The summed E-state index contributed by atoms with van der Waals surface area (Å²) in [6.45, 7) is 6.05. The van der Waals surface area contributed by atoms with E-state index in [4.69, 9.17) is 24.7 Å². The second kappa shape index (κ2) is 31.0. The Morgan fingerprint density at radius 2 is 1.33 bits per heavy atom. The minimum atomic E-state index is -2.29. The Hall–Kier alpha value is -3.71. The van der Waals surface area contributed by atoms with Crippen LogP contribution in [0.15, 0.2) is 85.1 Å². The Morgan fingerprint density at radius 1 is 0.729 bits per heavy atom. The second-order valence-corrected chi connectivity index (χ2v) is 18.7. The van der Waals surface area contributed by atoms with Crippen molar-refractivity contribution in [1.29, 1.82) is 0 Å². The highest BCUT2D eigenvalue weighted by Gasteiger charge is 2.49. The third-order valence-corrected chi connectivity index (χ3v) is 12.6. The highest BCUT2D eigenvalue weighted by molar-refractivity contribution is 5.74. The number of aliphatic hydroxyl groups excluding tert-OH is 9. The average molecular weight is 998 g/mol. The highest BCUT2D eigenvalue weighted by Crippen LogP contribution is 2.35. The lowest BCUT2D eigenvalue weighted by Crippen LogP contribution is -2.64. The van der Waals surface area contributed by atoms with Gasteiger partial charge in [-0.05, 0) is 39.5 Å². The Labute approximate surface area is 410 Å². The number of rotatable bonds is 6. The van der Waals surface area contributed by atoms with Gasteiger partial charge in [0, 0.05) is 44.1 Å². The lowest BCUT2D eigenvalue weighted by atomic mass is 9.87. The molecule has 398 valence electrons. The number of allylic oxidation sites excluding steroid dienone is 12. The van der Waals surface area contributed by atoms with Crippen LogP contribution in [0.5, 0.6) is 0 Å². The number of halogens is 1. The van der Waals surface area contributed by atoms with Crippen LogP contribution >= 0.6 is 0 Å². The molecule has 20 heteroatoms. The molecule has 0 aromatic heterocycles. The van der Waals surface area contributed by atoms with E-state index in [1.807, 2.05) is 31.2 Å². The Bertz CT molecular complexity index is 1770. The quantitative estimate of drug-likeness (QED) is 0.131. The first-order chi connectivity index (χ1) is 33.1. The van der Waals surface area contributed by atoms with Crippen LogP contribution in [0.25, 0.3) is 0 Å². The Balaban J connectivity index is 1.92. The number of hydrogen-bond donors (Lipinski definition) is 13. The first kappa shape index (κ1) is 60.6. The van der Waals surface area contributed by atoms with Gasteiger partial charge >= 0.3 is 12.0 Å². The molecule has 3 aliphatic rings. The first-order valence-electron chi connectivity index (χ1n) is 24.2. The molecule has 3 rings (SSSR count). The summed E-state index contributed by atoms with van der Waals surface area (Å²) in [6, 6.07) is -3.15. The topological polar surface area (TPSA) is 323 Å². The van der Waals surface area contributed by atoms with Crippen LogP contribution < -0.4 is 16.4 Å². The zero-order valence-electron chi connectivity index (χ0n) is 40.6. The fraction of sp³-hybridized carbons (Fsp3) is 0.680. The van der Waals surface area contributed by atoms with Crippen molar-refractivity contribution in [3.05, 3.63) is 85.1 Å². The molecule has 3 aliphatic heterocycles. The number of cyclic esters (lactones) is 1. The van der Waals surface area contributed by atoms with E-state index in [-0.39, 0.29) is 44.6 Å². The number of ether oxygens (including phenoxy) is 4. The van der Waals surface area contributed by atoms with E-state index in [1.54, 1.807) is 81.5 Å². The molecule has 70 heavy (non-hydrogen) atoms. The van der Waals surface area contributed by atoms with Crippen molar-refractivity contribution in [3.63, 3.8) is 0 Å². The van der Waals surface area contributed by atoms with Crippen LogP contribution in [0.3, 0.4) is 0 Å². The Morgan fingerprint density at radius 3 is 1.94 bits per heavy atom. The fourth-order valence-electron chi connectivity index (χ4n) is 8.31. The Kier molecular flexibility index (Phi) is 26.8. The summed E-state index contributed by atoms with van der Waals surface area (Å²) in [4.78, 5) is 25.6. The SMILES string of the molecule is C[C@@H]1[C@H](O)[C@@H](C)/C=C/C=C/C=C/C=C/C=C/C=C/C=C/[C@H](O[C@@H]2O[C@H](C)[C@@H](O)[C@H](N)[C@@H]2O)C[C@@H]2O[C@](O)(C[C@@H](O)C[C@@H](O)[C@H](O)CC[C@@H](O)C[C@@H](O)CC(=O)O[C@H]1C)C[C@H](O)[C@H]2NC(=O)NCCCF. The van der Waals surface area contributed by atoms with Gasteiger partial charge in [0.1, 0.15) is 12.2 Å². The van der Waals surface area contributed by atoms with E-state index in [2.05, 4.69) is 10.6 Å². The van der Waals surface area contributed by atoms with Gasteiger partial charge in [0.15, 0.2) is 12.1 Å². The van der Waals surface area contributed by atoms with E-state index in [9.17, 15) is 65.0 Å². The van der Waals surface area contributed by atoms with Crippen LogP contribution in [0.2, 0.25) is 0 Å². The van der Waals surface area contributed by atoms with E-state index in [0.717, 1.165) is 0 Å². The van der Waals surface area contributed by atoms with Crippen molar-refractivity contribution in [2.45, 2.75) is 189 Å². The molecule has 0 aromatic rings. The van der Waals surface area contributed by atoms with Gasteiger partial charge < -0.3 is 86.4 Å². The molecule has 19 atom stereocenters. The van der Waals surface area contributed by atoms with Gasteiger partial charge in [-0.3, -0.25) is 9.18 Å². The maximum atomic E-state index is 12.9. The minimum Gasteiger partial charge on any atom is -0.462 e. The smallest absolute Gasteiger partial charge is 0.315 e. The molecule has 2 saturated heterocycles. The second-order valence-electron chi connectivity index (χ2n) is 18.7. The molecule has 0 aliphatic carbocycles. The van der Waals surface area contributed by atoms with Crippen LogP contribution in [0, 0.1) is 11.8 Å². The number of esters is 1. The zero-order valence-corrected chi connectivity index (χ0v) is 40.6. The maximum absolute atomic E-state index is 12.9. The largest absolute Gasteiger partial charge is 0.462 e. The minimum absolute atomic E-state index is 0.0256. The van der Waals surface area contributed by atoms with Crippen molar-refractivity contribution in [2.24, 2.45) is 17.6 Å². The highest BCUT2D eigenvalue weighted by atomic mass is 19.1. The molecule has 2 bridgehead atoms. The van der Waals surface area contributed by atoms with E-state index < -0.39 is 154 Å². The number of nitrogens with two attached hydrogens (primary N) is 1. The van der Waals surface area contributed by atoms with Crippen LogP contribution in [0.1, 0.15) is 85.5 Å². The molecule has 3 heterocycles. The predicted octanol–water partition coefficient (Wildman–Crippen LogP) is 1.04. The summed E-state index contributed by atoms with van der Waals surface area (Å²) in [6.07, 6.45) is 4.30. The van der Waals surface area contributed by atoms with Crippen molar-refractivity contribution < 1.29 is 84.0 Å². The third kappa shape index (κ3) is 21.2. The van der Waals surface area contributed by atoms with Crippen LogP contribution in [-0.2, 0) is 23.7 Å². The van der Waals surface area contributed by atoms with E-state index >= 15 is 0 Å². The van der Waals surface area contributed by atoms with Gasteiger partial charge in [0.25, 0.3) is 0 Å². The molecular weight excluding hydrogens is 918 g/mol. The normalized spacial score (nSPS) is 43.0. The molecule has 0 saturated carbocycles. The van der Waals surface area contributed by atoms with Crippen molar-refractivity contribution in [3.8, 4) is 0 Å². The van der Waals surface area contributed by atoms with Crippen molar-refractivity contribution in [1.82, 2.24) is 10.6 Å². The summed E-state index contributed by atoms with van der Waals surface area (Å²) >= 11 is 0. The molecule has 0 unspecified atom stereocenters. The van der Waals surface area contributed by atoms with E-state index in [1.165, 1.54) is 0 Å².